The Labute approximate surface area is 157 Å². The van der Waals surface area contributed by atoms with E-state index in [9.17, 15) is 13.2 Å². The van der Waals surface area contributed by atoms with Gasteiger partial charge in [0.05, 0.1) is 12.0 Å². The molecule has 3 heterocycles. The molecule has 0 saturated carbocycles. The van der Waals surface area contributed by atoms with Crippen LogP contribution >= 0.6 is 0 Å². The Hall–Kier alpha value is -0.700. The SMILES string of the molecule is C[C@@H]1C[C@H](C)CN(S(=O)(=O)N2CCC[C@@H](C(=O)NC[C@H]3CCCO3)C2)C1. The topological polar surface area (TPSA) is 79.0 Å². The zero-order valence-corrected chi connectivity index (χ0v) is 16.8. The molecule has 1 N–H and O–H groups in total. The molecule has 1 amide bonds. The lowest BCUT2D eigenvalue weighted by Gasteiger charge is -2.39. The number of carbonyl (C=O) groups is 1. The highest BCUT2D eigenvalue weighted by atomic mass is 32.2. The van der Waals surface area contributed by atoms with Crippen molar-refractivity contribution in [2.45, 2.75) is 52.1 Å². The second-order valence-corrected chi connectivity index (χ2v) is 10.3. The molecule has 26 heavy (non-hydrogen) atoms. The summed E-state index contributed by atoms with van der Waals surface area (Å²) in [4.78, 5) is 12.5. The van der Waals surface area contributed by atoms with Gasteiger partial charge in [-0.3, -0.25) is 4.79 Å². The van der Waals surface area contributed by atoms with Crippen molar-refractivity contribution in [1.82, 2.24) is 13.9 Å². The van der Waals surface area contributed by atoms with E-state index in [4.69, 9.17) is 4.74 Å². The van der Waals surface area contributed by atoms with E-state index in [0.29, 0.717) is 44.6 Å². The first-order valence-corrected chi connectivity index (χ1v) is 11.4. The van der Waals surface area contributed by atoms with Gasteiger partial charge in [0.25, 0.3) is 10.2 Å². The van der Waals surface area contributed by atoms with Crippen molar-refractivity contribution in [3.63, 3.8) is 0 Å². The van der Waals surface area contributed by atoms with E-state index < -0.39 is 10.2 Å². The van der Waals surface area contributed by atoms with E-state index in [1.165, 1.54) is 4.31 Å². The van der Waals surface area contributed by atoms with Gasteiger partial charge in [-0.25, -0.2) is 0 Å². The number of hydrogen-bond acceptors (Lipinski definition) is 4. The summed E-state index contributed by atoms with van der Waals surface area (Å²) in [5.74, 6) is 0.452. The van der Waals surface area contributed by atoms with Gasteiger partial charge < -0.3 is 10.1 Å². The molecule has 7 nitrogen and oxygen atoms in total. The number of ether oxygens (including phenoxy) is 1. The molecular formula is C18H33N3O4S. The fraction of sp³-hybridized carbons (Fsp3) is 0.944. The van der Waals surface area contributed by atoms with Gasteiger partial charge in [0.15, 0.2) is 0 Å². The molecule has 3 aliphatic rings. The molecule has 0 aliphatic carbocycles. The smallest absolute Gasteiger partial charge is 0.282 e. The lowest BCUT2D eigenvalue weighted by molar-refractivity contribution is -0.126. The Morgan fingerprint density at radius 3 is 2.46 bits per heavy atom. The van der Waals surface area contributed by atoms with E-state index in [1.54, 1.807) is 4.31 Å². The van der Waals surface area contributed by atoms with Crippen LogP contribution in [-0.2, 0) is 19.7 Å². The molecule has 0 aromatic heterocycles. The van der Waals surface area contributed by atoms with Crippen LogP contribution in [0.4, 0.5) is 0 Å². The number of hydrogen-bond donors (Lipinski definition) is 1. The minimum Gasteiger partial charge on any atom is -0.376 e. The number of nitrogens with zero attached hydrogens (tertiary/aromatic N) is 2. The summed E-state index contributed by atoms with van der Waals surface area (Å²) in [6, 6.07) is 0. The first kappa shape index (κ1) is 20.0. The summed E-state index contributed by atoms with van der Waals surface area (Å²) >= 11 is 0. The highest BCUT2D eigenvalue weighted by Gasteiger charge is 2.38. The highest BCUT2D eigenvalue weighted by molar-refractivity contribution is 7.86. The van der Waals surface area contributed by atoms with E-state index >= 15 is 0 Å². The number of piperidine rings is 2. The lowest BCUT2D eigenvalue weighted by atomic mass is 9.94. The third-order valence-electron chi connectivity index (χ3n) is 5.77. The molecule has 4 atom stereocenters. The Kier molecular flexibility index (Phi) is 6.59. The van der Waals surface area contributed by atoms with Crippen molar-refractivity contribution in [2.75, 3.05) is 39.3 Å². The second-order valence-electron chi connectivity index (χ2n) is 8.35. The van der Waals surface area contributed by atoms with Crippen LogP contribution in [-0.4, -0.2) is 68.4 Å². The molecule has 3 saturated heterocycles. The summed E-state index contributed by atoms with van der Waals surface area (Å²) in [5, 5.41) is 2.96. The fourth-order valence-electron chi connectivity index (χ4n) is 4.49. The summed E-state index contributed by atoms with van der Waals surface area (Å²) in [5.41, 5.74) is 0. The second kappa shape index (κ2) is 8.54. The van der Waals surface area contributed by atoms with Gasteiger partial charge in [0.1, 0.15) is 0 Å². The molecule has 0 spiro atoms. The predicted octanol–water partition coefficient (Wildman–Crippen LogP) is 1.22. The maximum atomic E-state index is 13.1. The molecule has 0 aromatic carbocycles. The molecule has 150 valence electrons. The van der Waals surface area contributed by atoms with Crippen LogP contribution in [0.2, 0.25) is 0 Å². The molecule has 0 radical (unpaired) electrons. The third-order valence-corrected chi connectivity index (χ3v) is 7.71. The van der Waals surface area contributed by atoms with Gasteiger partial charge in [0.2, 0.25) is 5.91 Å². The zero-order valence-electron chi connectivity index (χ0n) is 16.0. The molecule has 3 fully saturated rings. The first-order valence-electron chi connectivity index (χ1n) is 10.0. The van der Waals surface area contributed by atoms with E-state index in [-0.39, 0.29) is 17.9 Å². The summed E-state index contributed by atoms with van der Waals surface area (Å²) < 4.78 is 34.8. The van der Waals surface area contributed by atoms with Crippen LogP contribution < -0.4 is 5.32 Å². The minimum absolute atomic E-state index is 0.0409. The van der Waals surface area contributed by atoms with Crippen molar-refractivity contribution in [2.24, 2.45) is 17.8 Å². The Bertz CT molecular complexity index is 581. The van der Waals surface area contributed by atoms with E-state index in [1.807, 2.05) is 0 Å². The maximum absolute atomic E-state index is 13.1. The summed E-state index contributed by atoms with van der Waals surface area (Å²) in [6.45, 7) is 7.48. The van der Waals surface area contributed by atoms with Gasteiger partial charge in [-0.1, -0.05) is 13.8 Å². The van der Waals surface area contributed by atoms with E-state index in [2.05, 4.69) is 19.2 Å². The van der Waals surface area contributed by atoms with Gasteiger partial charge >= 0.3 is 0 Å². The Balaban J connectivity index is 1.57. The van der Waals surface area contributed by atoms with Gasteiger partial charge in [-0.05, 0) is 43.9 Å². The number of rotatable bonds is 5. The van der Waals surface area contributed by atoms with Crippen LogP contribution in [0.3, 0.4) is 0 Å². The molecule has 3 rings (SSSR count). The quantitative estimate of drug-likeness (QED) is 0.769. The Morgan fingerprint density at radius 1 is 1.08 bits per heavy atom. The molecule has 8 heteroatoms. The van der Waals surface area contributed by atoms with Crippen LogP contribution in [0.1, 0.15) is 46.0 Å². The number of carbonyl (C=O) groups excluding carboxylic acids is 1. The standard InChI is InChI=1S/C18H33N3O4S/c1-14-9-15(2)12-21(11-14)26(23,24)20-7-3-5-16(13-20)18(22)19-10-17-6-4-8-25-17/h14-17H,3-13H2,1-2H3,(H,19,22)/t14-,15+,16-,17-/m1/s1. The van der Waals surface area contributed by atoms with Crippen LogP contribution in [0.25, 0.3) is 0 Å². The molecule has 0 bridgehead atoms. The number of amides is 1. The normalized spacial score (nSPS) is 34.7. The predicted molar refractivity (Wildman–Crippen MR) is 99.7 cm³/mol. The molecule has 0 unspecified atom stereocenters. The van der Waals surface area contributed by atoms with Crippen molar-refractivity contribution < 1.29 is 17.9 Å². The average Bonchev–Trinajstić information content (AvgIpc) is 3.12. The summed E-state index contributed by atoms with van der Waals surface area (Å²) in [6.07, 6.45) is 4.69. The molecular weight excluding hydrogens is 354 g/mol. The average molecular weight is 388 g/mol. The zero-order chi connectivity index (χ0) is 18.7. The maximum Gasteiger partial charge on any atom is 0.282 e. The van der Waals surface area contributed by atoms with Gasteiger partial charge in [-0.2, -0.15) is 17.0 Å². The van der Waals surface area contributed by atoms with Crippen molar-refractivity contribution in [1.29, 1.82) is 0 Å². The molecule has 0 aromatic rings. The minimum atomic E-state index is -3.49. The Morgan fingerprint density at radius 2 is 1.81 bits per heavy atom. The molecule has 3 aliphatic heterocycles. The first-order chi connectivity index (χ1) is 12.4. The number of nitrogens with one attached hydrogen (secondary N) is 1. The van der Waals surface area contributed by atoms with Crippen LogP contribution in [0, 0.1) is 17.8 Å². The largest absolute Gasteiger partial charge is 0.376 e. The van der Waals surface area contributed by atoms with Gasteiger partial charge in [-0.15, -0.1) is 0 Å². The van der Waals surface area contributed by atoms with Crippen molar-refractivity contribution in [3.05, 3.63) is 0 Å². The van der Waals surface area contributed by atoms with Crippen LogP contribution in [0.15, 0.2) is 0 Å². The summed E-state index contributed by atoms with van der Waals surface area (Å²) in [7, 11) is -3.49. The van der Waals surface area contributed by atoms with Crippen molar-refractivity contribution in [3.8, 4) is 0 Å². The monoisotopic (exact) mass is 387 g/mol. The van der Waals surface area contributed by atoms with Crippen molar-refractivity contribution >= 4 is 16.1 Å². The fourth-order valence-corrected chi connectivity index (χ4v) is 6.43. The van der Waals surface area contributed by atoms with Gasteiger partial charge in [0, 0.05) is 39.3 Å². The van der Waals surface area contributed by atoms with E-state index in [0.717, 1.165) is 38.7 Å². The van der Waals surface area contributed by atoms with Crippen LogP contribution in [0.5, 0.6) is 0 Å². The third kappa shape index (κ3) is 4.77. The highest BCUT2D eigenvalue weighted by Crippen LogP contribution is 2.27. The lowest BCUT2D eigenvalue weighted by Crippen LogP contribution is -2.53.